The molecule has 0 aliphatic carbocycles. The van der Waals surface area contributed by atoms with Gasteiger partial charge in [0.25, 0.3) is 5.91 Å². The molecule has 0 fully saturated rings. The van der Waals surface area contributed by atoms with Gasteiger partial charge >= 0.3 is 0 Å². The quantitative estimate of drug-likeness (QED) is 0.860. The Morgan fingerprint density at radius 2 is 2.10 bits per heavy atom. The Hall–Kier alpha value is -3.55. The fourth-order valence-electron chi connectivity index (χ4n) is 3.66. The summed E-state index contributed by atoms with van der Waals surface area (Å²) in [5, 5.41) is 11.0. The molecule has 8 heteroatoms. The van der Waals surface area contributed by atoms with E-state index in [1.54, 1.807) is 36.5 Å². The zero-order valence-electron chi connectivity index (χ0n) is 16.5. The third kappa shape index (κ3) is 3.61. The maximum atomic E-state index is 12.5. The molecule has 1 N–H and O–H groups in total. The molecule has 2 aliphatic heterocycles. The highest BCUT2D eigenvalue weighted by Gasteiger charge is 2.37. The van der Waals surface area contributed by atoms with Gasteiger partial charge in [0.1, 0.15) is 5.70 Å². The summed E-state index contributed by atoms with van der Waals surface area (Å²) >= 11 is 0. The van der Waals surface area contributed by atoms with Crippen LogP contribution in [0.4, 0.5) is 5.82 Å². The summed E-state index contributed by atoms with van der Waals surface area (Å²) < 4.78 is 0. The van der Waals surface area contributed by atoms with Crippen molar-refractivity contribution < 1.29 is 9.59 Å². The molecule has 0 spiro atoms. The van der Waals surface area contributed by atoms with Gasteiger partial charge in [-0.15, -0.1) is 10.2 Å². The molecule has 148 valence electrons. The van der Waals surface area contributed by atoms with Crippen molar-refractivity contribution in [2.75, 3.05) is 25.5 Å². The number of nitrogens with zero attached hydrogens (tertiary/aromatic N) is 5. The first-order valence-electron chi connectivity index (χ1n) is 9.45. The summed E-state index contributed by atoms with van der Waals surface area (Å²) in [6.45, 7) is 6.68. The Morgan fingerprint density at radius 3 is 2.83 bits per heavy atom. The number of nitrogens with one attached hydrogen (secondary N) is 1. The summed E-state index contributed by atoms with van der Waals surface area (Å²) in [4.78, 5) is 32.6. The Labute approximate surface area is 168 Å². The SMILES string of the molecule is C=C1C2=C(C(=O)N1C)N(CC(=O)Nc1ccc(-c3cncc(C)c3)nn1)CCC2. The van der Waals surface area contributed by atoms with E-state index in [-0.39, 0.29) is 18.4 Å². The normalized spacial score (nSPS) is 16.3. The van der Waals surface area contributed by atoms with Crippen LogP contribution in [0.2, 0.25) is 0 Å². The van der Waals surface area contributed by atoms with Crippen molar-refractivity contribution >= 4 is 17.6 Å². The Balaban J connectivity index is 1.44. The molecule has 0 unspecified atom stereocenters. The molecule has 0 bridgehead atoms. The van der Waals surface area contributed by atoms with Crippen LogP contribution in [0, 0.1) is 6.92 Å². The van der Waals surface area contributed by atoms with Crippen molar-refractivity contribution in [1.82, 2.24) is 25.0 Å². The van der Waals surface area contributed by atoms with Crippen LogP contribution in [0.25, 0.3) is 11.3 Å². The predicted molar refractivity (Wildman–Crippen MR) is 108 cm³/mol. The topological polar surface area (TPSA) is 91.3 Å². The molecule has 2 aromatic rings. The van der Waals surface area contributed by atoms with Gasteiger partial charge in [0.05, 0.1) is 12.2 Å². The van der Waals surface area contributed by atoms with Gasteiger partial charge in [-0.3, -0.25) is 14.6 Å². The van der Waals surface area contributed by atoms with E-state index in [0.717, 1.165) is 35.2 Å². The largest absolute Gasteiger partial charge is 0.357 e. The molecule has 29 heavy (non-hydrogen) atoms. The summed E-state index contributed by atoms with van der Waals surface area (Å²) in [5.41, 5.74) is 4.84. The molecule has 8 nitrogen and oxygen atoms in total. The minimum absolute atomic E-state index is 0.0803. The summed E-state index contributed by atoms with van der Waals surface area (Å²) in [6.07, 6.45) is 5.18. The van der Waals surface area contributed by atoms with Crippen molar-refractivity contribution in [2.24, 2.45) is 0 Å². The van der Waals surface area contributed by atoms with E-state index in [9.17, 15) is 9.59 Å². The van der Waals surface area contributed by atoms with E-state index >= 15 is 0 Å². The second-order valence-corrected chi connectivity index (χ2v) is 7.27. The van der Waals surface area contributed by atoms with Crippen LogP contribution >= 0.6 is 0 Å². The number of carbonyl (C=O) groups is 2. The van der Waals surface area contributed by atoms with Crippen LogP contribution < -0.4 is 5.32 Å². The van der Waals surface area contributed by atoms with Crippen LogP contribution in [0.5, 0.6) is 0 Å². The van der Waals surface area contributed by atoms with Crippen LogP contribution in [-0.2, 0) is 9.59 Å². The highest BCUT2D eigenvalue weighted by Crippen LogP contribution is 2.35. The monoisotopic (exact) mass is 390 g/mol. The Kier molecular flexibility index (Phi) is 4.84. The smallest absolute Gasteiger partial charge is 0.274 e. The molecule has 4 heterocycles. The van der Waals surface area contributed by atoms with E-state index in [1.807, 2.05) is 17.9 Å². The average Bonchev–Trinajstić information content (AvgIpc) is 2.93. The number of hydrogen-bond donors (Lipinski definition) is 1. The number of anilines is 1. The number of pyridine rings is 1. The van der Waals surface area contributed by atoms with E-state index in [0.29, 0.717) is 23.8 Å². The summed E-state index contributed by atoms with van der Waals surface area (Å²) in [6, 6.07) is 5.47. The third-order valence-corrected chi connectivity index (χ3v) is 5.15. The molecule has 4 rings (SSSR count). The maximum absolute atomic E-state index is 12.5. The highest BCUT2D eigenvalue weighted by atomic mass is 16.2. The first-order chi connectivity index (χ1) is 13.9. The van der Waals surface area contributed by atoms with Gasteiger partial charge < -0.3 is 15.1 Å². The fraction of sp³-hybridized carbons (Fsp3) is 0.286. The first-order valence-corrected chi connectivity index (χ1v) is 9.45. The van der Waals surface area contributed by atoms with Gasteiger partial charge in [-0.2, -0.15) is 0 Å². The zero-order valence-corrected chi connectivity index (χ0v) is 16.5. The van der Waals surface area contributed by atoms with Crippen molar-refractivity contribution in [1.29, 1.82) is 0 Å². The number of aryl methyl sites for hydroxylation is 1. The van der Waals surface area contributed by atoms with Crippen molar-refractivity contribution in [3.8, 4) is 11.3 Å². The average molecular weight is 390 g/mol. The molecule has 0 radical (unpaired) electrons. The molecule has 0 atom stereocenters. The number of allylic oxidation sites excluding steroid dienone is 1. The van der Waals surface area contributed by atoms with Gasteiger partial charge in [0, 0.05) is 42.8 Å². The third-order valence-electron chi connectivity index (χ3n) is 5.15. The highest BCUT2D eigenvalue weighted by molar-refractivity contribution is 6.01. The summed E-state index contributed by atoms with van der Waals surface area (Å²) in [5.74, 6) is 0.0178. The number of likely N-dealkylation sites (N-methyl/N-ethyl adjacent to an activating group) is 1. The number of rotatable bonds is 4. The lowest BCUT2D eigenvalue weighted by molar-refractivity contribution is -0.125. The minimum atomic E-state index is -0.244. The van der Waals surface area contributed by atoms with E-state index < -0.39 is 0 Å². The fourth-order valence-corrected chi connectivity index (χ4v) is 3.66. The van der Waals surface area contributed by atoms with Crippen molar-refractivity contribution in [2.45, 2.75) is 19.8 Å². The van der Waals surface area contributed by atoms with E-state index in [1.165, 1.54) is 0 Å². The standard InChI is InChI=1S/C21H22N6O2/c1-13-9-15(11-22-10-13)17-6-7-18(25-24-17)23-19(28)12-27-8-4-5-16-14(2)26(3)21(29)20(16)27/h6-7,9-11H,2,4-5,8,12H2,1,3H3,(H,23,25,28). The second kappa shape index (κ2) is 7.46. The molecule has 2 amide bonds. The van der Waals surface area contributed by atoms with Gasteiger partial charge in [0.2, 0.25) is 5.91 Å². The number of aromatic nitrogens is 3. The molecule has 0 saturated heterocycles. The van der Waals surface area contributed by atoms with Gasteiger partial charge in [-0.1, -0.05) is 6.58 Å². The predicted octanol–water partition coefficient (Wildman–Crippen LogP) is 2.12. The maximum Gasteiger partial charge on any atom is 0.274 e. The van der Waals surface area contributed by atoms with E-state index in [4.69, 9.17) is 0 Å². The number of amides is 2. The van der Waals surface area contributed by atoms with Gasteiger partial charge in [-0.25, -0.2) is 0 Å². The van der Waals surface area contributed by atoms with Crippen molar-refractivity contribution in [3.63, 3.8) is 0 Å². The molecular formula is C21H22N6O2. The number of carbonyl (C=O) groups excluding carboxylic acids is 2. The second-order valence-electron chi connectivity index (χ2n) is 7.27. The Bertz CT molecular complexity index is 1030. The van der Waals surface area contributed by atoms with Gasteiger partial charge in [-0.05, 0) is 43.5 Å². The molecule has 2 aromatic heterocycles. The van der Waals surface area contributed by atoms with Crippen LogP contribution in [0.3, 0.4) is 0 Å². The lowest BCUT2D eigenvalue weighted by atomic mass is 10.0. The van der Waals surface area contributed by atoms with Crippen LogP contribution in [-0.4, -0.2) is 56.9 Å². The lowest BCUT2D eigenvalue weighted by Crippen LogP contribution is -2.38. The number of hydrogen-bond acceptors (Lipinski definition) is 6. The lowest BCUT2D eigenvalue weighted by Gasteiger charge is -2.28. The van der Waals surface area contributed by atoms with E-state index in [2.05, 4.69) is 27.1 Å². The molecular weight excluding hydrogens is 368 g/mol. The van der Waals surface area contributed by atoms with Gasteiger partial charge in [0.15, 0.2) is 5.82 Å². The first kappa shape index (κ1) is 18.8. The zero-order chi connectivity index (χ0) is 20.5. The summed E-state index contributed by atoms with van der Waals surface area (Å²) in [7, 11) is 1.71. The van der Waals surface area contributed by atoms with Crippen LogP contribution in [0.15, 0.2) is 54.1 Å². The minimum Gasteiger partial charge on any atom is -0.357 e. The molecule has 2 aliphatic rings. The van der Waals surface area contributed by atoms with Crippen molar-refractivity contribution in [3.05, 3.63) is 59.7 Å². The van der Waals surface area contributed by atoms with Crippen LogP contribution in [0.1, 0.15) is 18.4 Å². The Morgan fingerprint density at radius 1 is 1.28 bits per heavy atom. The molecule has 0 saturated carbocycles. The molecule has 0 aromatic carbocycles.